The van der Waals surface area contributed by atoms with Crippen LogP contribution in [0.2, 0.25) is 0 Å². The normalized spacial score (nSPS) is 20.7. The quantitative estimate of drug-likeness (QED) is 0.850. The summed E-state index contributed by atoms with van der Waals surface area (Å²) in [6.45, 7) is 7.35. The summed E-state index contributed by atoms with van der Waals surface area (Å²) in [5, 5.41) is 4.33. The molecule has 3 heteroatoms. The third kappa shape index (κ3) is 3.90. The molecule has 0 saturated carbocycles. The van der Waals surface area contributed by atoms with Crippen LogP contribution in [0.4, 0.5) is 0 Å². The summed E-state index contributed by atoms with van der Waals surface area (Å²) in [6.07, 6.45) is 2.86. The molecular weight excluding hydrogens is 254 g/mol. The van der Waals surface area contributed by atoms with E-state index in [4.69, 9.17) is 4.74 Å². The van der Waals surface area contributed by atoms with Gasteiger partial charge >= 0.3 is 0 Å². The molecule has 1 N–H and O–H groups in total. The van der Waals surface area contributed by atoms with E-state index in [0.29, 0.717) is 11.3 Å². The molecule has 0 amide bonds. The van der Waals surface area contributed by atoms with Gasteiger partial charge in [0.25, 0.3) is 0 Å². The van der Waals surface area contributed by atoms with Crippen LogP contribution < -0.4 is 10.1 Å². The zero-order valence-corrected chi connectivity index (χ0v) is 13.0. The zero-order chi connectivity index (χ0) is 13.7. The van der Waals surface area contributed by atoms with E-state index in [2.05, 4.69) is 62.1 Å². The van der Waals surface area contributed by atoms with Crippen LogP contribution in [0.1, 0.15) is 45.2 Å². The van der Waals surface area contributed by atoms with E-state index in [1.165, 1.54) is 24.2 Å². The van der Waals surface area contributed by atoms with E-state index in [-0.39, 0.29) is 6.10 Å². The molecule has 1 fully saturated rings. The largest absolute Gasteiger partial charge is 0.491 e. The van der Waals surface area contributed by atoms with Crippen molar-refractivity contribution < 1.29 is 4.74 Å². The van der Waals surface area contributed by atoms with Gasteiger partial charge in [0.15, 0.2) is 0 Å². The molecule has 106 valence electrons. The molecule has 1 aliphatic rings. The molecule has 2 nitrogen and oxygen atoms in total. The Morgan fingerprint density at radius 1 is 1.37 bits per heavy atom. The first-order valence-electron chi connectivity index (χ1n) is 7.33. The summed E-state index contributed by atoms with van der Waals surface area (Å²) in [7, 11) is 0. The van der Waals surface area contributed by atoms with Crippen molar-refractivity contribution in [2.45, 2.75) is 51.0 Å². The molecule has 2 rings (SSSR count). The fraction of sp³-hybridized carbons (Fsp3) is 0.625. The molecule has 0 spiro atoms. The highest BCUT2D eigenvalue weighted by molar-refractivity contribution is 8.00. The second-order valence-corrected chi connectivity index (χ2v) is 6.64. The molecule has 0 aromatic heterocycles. The first-order chi connectivity index (χ1) is 9.22. The second kappa shape index (κ2) is 7.20. The highest BCUT2D eigenvalue weighted by Gasteiger charge is 2.28. The Balaban J connectivity index is 2.24. The van der Waals surface area contributed by atoms with E-state index in [1.54, 1.807) is 0 Å². The molecular formula is C16H25NOS. The van der Waals surface area contributed by atoms with Crippen LogP contribution in [0.3, 0.4) is 0 Å². The molecule has 2 atom stereocenters. The number of nitrogens with one attached hydrogen (secondary N) is 1. The van der Waals surface area contributed by atoms with Gasteiger partial charge in [-0.05, 0) is 45.1 Å². The van der Waals surface area contributed by atoms with Crippen molar-refractivity contribution in [3.63, 3.8) is 0 Å². The molecule has 1 aliphatic heterocycles. The lowest BCUT2D eigenvalue weighted by atomic mass is 9.99. The molecule has 0 aliphatic carbocycles. The summed E-state index contributed by atoms with van der Waals surface area (Å²) in [5.41, 5.74) is 1.32. The van der Waals surface area contributed by atoms with E-state index in [1.807, 2.05) is 0 Å². The van der Waals surface area contributed by atoms with Crippen LogP contribution in [0.15, 0.2) is 24.3 Å². The highest BCUT2D eigenvalue weighted by atomic mass is 32.2. The van der Waals surface area contributed by atoms with Gasteiger partial charge in [0.05, 0.1) is 6.10 Å². The number of thioether (sulfide) groups is 1. The maximum Gasteiger partial charge on any atom is 0.124 e. The number of benzene rings is 1. The Hall–Kier alpha value is -0.670. The minimum atomic E-state index is 0.222. The molecule has 1 aromatic rings. The van der Waals surface area contributed by atoms with Crippen LogP contribution >= 0.6 is 11.8 Å². The number of ether oxygens (including phenoxy) is 1. The van der Waals surface area contributed by atoms with Crippen LogP contribution in [0.25, 0.3) is 0 Å². The first-order valence-corrected chi connectivity index (χ1v) is 8.37. The lowest BCUT2D eigenvalue weighted by molar-refractivity contribution is 0.237. The Labute approximate surface area is 121 Å². The molecule has 1 aromatic carbocycles. The Bertz CT molecular complexity index is 388. The fourth-order valence-corrected chi connectivity index (χ4v) is 4.03. The van der Waals surface area contributed by atoms with Crippen molar-refractivity contribution in [3.8, 4) is 5.75 Å². The van der Waals surface area contributed by atoms with Crippen molar-refractivity contribution >= 4 is 11.8 Å². The Morgan fingerprint density at radius 2 is 2.16 bits per heavy atom. The van der Waals surface area contributed by atoms with Gasteiger partial charge in [0, 0.05) is 16.9 Å². The van der Waals surface area contributed by atoms with Gasteiger partial charge in [0.1, 0.15) is 5.75 Å². The predicted octanol–water partition coefficient (Wildman–Crippen LogP) is 4.02. The molecule has 2 unspecified atom stereocenters. The van der Waals surface area contributed by atoms with Gasteiger partial charge in [-0.2, -0.15) is 11.8 Å². The summed E-state index contributed by atoms with van der Waals surface area (Å²) < 4.78 is 5.98. The van der Waals surface area contributed by atoms with E-state index in [0.717, 1.165) is 12.3 Å². The third-order valence-electron chi connectivity index (χ3n) is 3.38. The van der Waals surface area contributed by atoms with E-state index < -0.39 is 0 Å². The van der Waals surface area contributed by atoms with Crippen LogP contribution in [0, 0.1) is 0 Å². The van der Waals surface area contributed by atoms with Gasteiger partial charge in [-0.1, -0.05) is 25.1 Å². The predicted molar refractivity (Wildman–Crippen MR) is 84.1 cm³/mol. The number of para-hydroxylation sites is 1. The summed E-state index contributed by atoms with van der Waals surface area (Å²) in [4.78, 5) is 0. The molecule has 0 bridgehead atoms. The monoisotopic (exact) mass is 279 g/mol. The highest BCUT2D eigenvalue weighted by Crippen LogP contribution is 2.39. The topological polar surface area (TPSA) is 21.3 Å². The van der Waals surface area contributed by atoms with Gasteiger partial charge in [-0.15, -0.1) is 0 Å². The minimum Gasteiger partial charge on any atom is -0.491 e. The van der Waals surface area contributed by atoms with Crippen molar-refractivity contribution in [2.75, 3.05) is 12.3 Å². The fourth-order valence-electron chi connectivity index (χ4n) is 2.63. The number of rotatable bonds is 6. The SMILES string of the molecule is CCNC(c1ccccc1OC(C)C)C1CCCS1. The van der Waals surface area contributed by atoms with Crippen molar-refractivity contribution in [3.05, 3.63) is 29.8 Å². The van der Waals surface area contributed by atoms with Crippen LogP contribution in [-0.4, -0.2) is 23.7 Å². The van der Waals surface area contributed by atoms with Gasteiger partial charge < -0.3 is 10.1 Å². The minimum absolute atomic E-state index is 0.222. The number of hydrogen-bond acceptors (Lipinski definition) is 3. The van der Waals surface area contributed by atoms with E-state index in [9.17, 15) is 0 Å². The lowest BCUT2D eigenvalue weighted by Crippen LogP contribution is -2.29. The Kier molecular flexibility index (Phi) is 5.59. The summed E-state index contributed by atoms with van der Waals surface area (Å²) >= 11 is 2.09. The summed E-state index contributed by atoms with van der Waals surface area (Å²) in [5.74, 6) is 2.33. The third-order valence-corrected chi connectivity index (χ3v) is 4.84. The van der Waals surface area contributed by atoms with Crippen LogP contribution in [-0.2, 0) is 0 Å². The van der Waals surface area contributed by atoms with Gasteiger partial charge in [-0.3, -0.25) is 0 Å². The van der Waals surface area contributed by atoms with Crippen LogP contribution in [0.5, 0.6) is 5.75 Å². The van der Waals surface area contributed by atoms with Gasteiger partial charge in [-0.25, -0.2) is 0 Å². The van der Waals surface area contributed by atoms with Crippen molar-refractivity contribution in [1.29, 1.82) is 0 Å². The van der Waals surface area contributed by atoms with Crippen molar-refractivity contribution in [2.24, 2.45) is 0 Å². The van der Waals surface area contributed by atoms with Gasteiger partial charge in [0.2, 0.25) is 0 Å². The molecule has 1 heterocycles. The average Bonchev–Trinajstić information content (AvgIpc) is 2.90. The standard InChI is InChI=1S/C16H25NOS/c1-4-17-16(15-10-7-11-19-15)13-8-5-6-9-14(13)18-12(2)3/h5-6,8-9,12,15-17H,4,7,10-11H2,1-3H3. The smallest absolute Gasteiger partial charge is 0.124 e. The van der Waals surface area contributed by atoms with E-state index >= 15 is 0 Å². The maximum absolute atomic E-state index is 5.98. The zero-order valence-electron chi connectivity index (χ0n) is 12.2. The van der Waals surface area contributed by atoms with Crippen molar-refractivity contribution in [1.82, 2.24) is 5.32 Å². The Morgan fingerprint density at radius 3 is 2.79 bits per heavy atom. The second-order valence-electron chi connectivity index (χ2n) is 5.29. The number of hydrogen-bond donors (Lipinski definition) is 1. The summed E-state index contributed by atoms with van der Waals surface area (Å²) in [6, 6.07) is 8.90. The average molecular weight is 279 g/mol. The lowest BCUT2D eigenvalue weighted by Gasteiger charge is -2.26. The molecule has 1 saturated heterocycles. The first kappa shape index (κ1) is 14.7. The molecule has 0 radical (unpaired) electrons. The maximum atomic E-state index is 5.98. The molecule has 19 heavy (non-hydrogen) atoms.